The van der Waals surface area contributed by atoms with Gasteiger partial charge in [0.05, 0.1) is 5.92 Å². The number of ether oxygens (including phenoxy) is 1. The number of benzene rings is 1. The highest BCUT2D eigenvalue weighted by atomic mass is 35.5. The molecule has 0 saturated heterocycles. The Bertz CT molecular complexity index is 599. The van der Waals surface area contributed by atoms with Crippen molar-refractivity contribution < 1.29 is 18.3 Å². The van der Waals surface area contributed by atoms with Crippen molar-refractivity contribution >= 4 is 29.2 Å². The molecule has 0 heterocycles. The number of rotatable bonds is 4. The summed E-state index contributed by atoms with van der Waals surface area (Å²) in [5.74, 6) is -2.49. The molecular formula is C15H14Cl2F2O2. The first-order chi connectivity index (χ1) is 9.78. The molecule has 114 valence electrons. The zero-order valence-corrected chi connectivity index (χ0v) is 13.0. The summed E-state index contributed by atoms with van der Waals surface area (Å²) in [6.45, 7) is 3.52. The minimum atomic E-state index is -0.743. The second-order valence-electron chi connectivity index (χ2n) is 5.61. The Kier molecular flexibility index (Phi) is 4.59. The quantitative estimate of drug-likeness (QED) is 0.752. The van der Waals surface area contributed by atoms with Crippen LogP contribution >= 0.6 is 23.2 Å². The fourth-order valence-electron chi connectivity index (χ4n) is 2.54. The molecular weight excluding hydrogens is 321 g/mol. The van der Waals surface area contributed by atoms with E-state index in [4.69, 9.17) is 27.9 Å². The lowest BCUT2D eigenvalue weighted by molar-refractivity contribution is -0.147. The van der Waals surface area contributed by atoms with Crippen molar-refractivity contribution in [2.24, 2.45) is 17.3 Å². The Morgan fingerprint density at radius 3 is 2.62 bits per heavy atom. The van der Waals surface area contributed by atoms with Crippen molar-refractivity contribution in [3.63, 3.8) is 0 Å². The smallest absolute Gasteiger partial charge is 0.310 e. The lowest BCUT2D eigenvalue weighted by atomic mass is 10.1. The molecule has 2 nitrogen and oxygen atoms in total. The van der Waals surface area contributed by atoms with Crippen molar-refractivity contribution in [1.82, 2.24) is 0 Å². The Hall–Kier alpha value is -1.13. The Balaban J connectivity index is 2.00. The molecule has 0 aliphatic heterocycles. The number of carbonyl (C=O) groups excluding carboxylic acids is 1. The van der Waals surface area contributed by atoms with Gasteiger partial charge in [0, 0.05) is 28.1 Å². The monoisotopic (exact) mass is 334 g/mol. The fourth-order valence-corrected chi connectivity index (χ4v) is 3.08. The third-order valence-corrected chi connectivity index (χ3v) is 4.56. The second-order valence-corrected chi connectivity index (χ2v) is 6.27. The first kappa shape index (κ1) is 16.2. The van der Waals surface area contributed by atoms with E-state index in [-0.39, 0.29) is 23.5 Å². The highest BCUT2D eigenvalue weighted by Gasteiger charge is 2.64. The normalized spacial score (nSPS) is 23.8. The molecule has 2 unspecified atom stereocenters. The van der Waals surface area contributed by atoms with Gasteiger partial charge < -0.3 is 4.74 Å². The van der Waals surface area contributed by atoms with Crippen LogP contribution in [0, 0.1) is 28.9 Å². The van der Waals surface area contributed by atoms with E-state index in [0.717, 1.165) is 12.1 Å². The van der Waals surface area contributed by atoms with Gasteiger partial charge in [0.15, 0.2) is 0 Å². The van der Waals surface area contributed by atoms with Crippen LogP contribution in [0.25, 0.3) is 0 Å². The van der Waals surface area contributed by atoms with Gasteiger partial charge in [0.25, 0.3) is 0 Å². The molecule has 1 aromatic rings. The lowest BCUT2D eigenvalue weighted by Crippen LogP contribution is -2.11. The molecule has 1 saturated carbocycles. The Labute approximate surface area is 131 Å². The maximum Gasteiger partial charge on any atom is 0.310 e. The van der Waals surface area contributed by atoms with Gasteiger partial charge in [-0.3, -0.25) is 4.79 Å². The van der Waals surface area contributed by atoms with Crippen LogP contribution in [0.3, 0.4) is 0 Å². The van der Waals surface area contributed by atoms with Crippen molar-refractivity contribution in [2.45, 2.75) is 20.5 Å². The largest absolute Gasteiger partial charge is 0.460 e. The molecule has 0 spiro atoms. The highest BCUT2D eigenvalue weighted by molar-refractivity contribution is 6.37. The summed E-state index contributed by atoms with van der Waals surface area (Å²) in [7, 11) is 0. The lowest BCUT2D eigenvalue weighted by Gasteiger charge is -2.06. The predicted molar refractivity (Wildman–Crippen MR) is 76.7 cm³/mol. The average Bonchev–Trinajstić information content (AvgIpc) is 2.99. The van der Waals surface area contributed by atoms with E-state index in [2.05, 4.69) is 0 Å². The first-order valence-corrected chi connectivity index (χ1v) is 7.16. The minimum absolute atomic E-state index is 0.124. The van der Waals surface area contributed by atoms with E-state index >= 15 is 0 Å². The predicted octanol–water partition coefficient (Wildman–Crippen LogP) is 4.60. The molecule has 1 aromatic carbocycles. The molecule has 6 heteroatoms. The van der Waals surface area contributed by atoms with Crippen LogP contribution in [0.4, 0.5) is 8.78 Å². The number of allylic oxidation sites excluding steroid dienone is 1. The van der Waals surface area contributed by atoms with Crippen LogP contribution in [0.1, 0.15) is 19.4 Å². The molecule has 2 atom stereocenters. The molecule has 2 rings (SSSR count). The molecule has 0 N–H and O–H groups in total. The topological polar surface area (TPSA) is 26.3 Å². The number of halogens is 4. The van der Waals surface area contributed by atoms with Gasteiger partial charge in [0.1, 0.15) is 18.2 Å². The van der Waals surface area contributed by atoms with Gasteiger partial charge in [-0.05, 0) is 17.5 Å². The second kappa shape index (κ2) is 5.93. The van der Waals surface area contributed by atoms with Gasteiger partial charge in [-0.25, -0.2) is 8.78 Å². The maximum atomic E-state index is 13.5. The summed E-state index contributed by atoms with van der Waals surface area (Å²) in [6, 6.07) is 3.11. The SMILES string of the molecule is CC1(C)C(C(=O)OCc2ccc(F)cc2F)C1/C(Cl)=C/Cl. The molecule has 0 radical (unpaired) electrons. The first-order valence-electron chi connectivity index (χ1n) is 6.35. The third-order valence-electron chi connectivity index (χ3n) is 3.87. The number of hydrogen-bond donors (Lipinski definition) is 0. The van der Waals surface area contributed by atoms with E-state index in [9.17, 15) is 13.6 Å². The van der Waals surface area contributed by atoms with Crippen molar-refractivity contribution in [3.8, 4) is 0 Å². The Morgan fingerprint density at radius 1 is 1.38 bits per heavy atom. The summed E-state index contributed by atoms with van der Waals surface area (Å²) in [5, 5.41) is 0.400. The van der Waals surface area contributed by atoms with Crippen LogP contribution in [0.5, 0.6) is 0 Å². The zero-order valence-electron chi connectivity index (χ0n) is 11.5. The summed E-state index contributed by atoms with van der Waals surface area (Å²) >= 11 is 11.5. The van der Waals surface area contributed by atoms with Gasteiger partial charge in [-0.2, -0.15) is 0 Å². The minimum Gasteiger partial charge on any atom is -0.460 e. The van der Waals surface area contributed by atoms with Crippen molar-refractivity contribution in [2.75, 3.05) is 0 Å². The zero-order chi connectivity index (χ0) is 15.8. The molecule has 0 bridgehead atoms. The summed E-state index contributed by atoms with van der Waals surface area (Å²) in [5.41, 5.74) is 1.01. The van der Waals surface area contributed by atoms with Crippen LogP contribution in [0.15, 0.2) is 28.8 Å². The van der Waals surface area contributed by atoms with E-state index in [0.29, 0.717) is 5.03 Å². The molecule has 1 fully saturated rings. The fraction of sp³-hybridized carbons (Fsp3) is 0.400. The highest BCUT2D eigenvalue weighted by Crippen LogP contribution is 2.63. The Morgan fingerprint density at radius 2 is 2.05 bits per heavy atom. The standard InChI is InChI=1S/C15H14Cl2F2O2/c1-15(2)12(10(17)6-16)13(15)14(20)21-7-8-3-4-9(18)5-11(8)19/h3-6,12-13H,7H2,1-2H3/b10-6-. The van der Waals surface area contributed by atoms with Gasteiger partial charge in [0.2, 0.25) is 0 Å². The summed E-state index contributed by atoms with van der Waals surface area (Å²) in [6.07, 6.45) is 0. The van der Waals surface area contributed by atoms with E-state index in [1.54, 1.807) is 0 Å². The van der Waals surface area contributed by atoms with E-state index in [1.807, 2.05) is 13.8 Å². The van der Waals surface area contributed by atoms with Gasteiger partial charge in [-0.15, -0.1) is 0 Å². The van der Waals surface area contributed by atoms with Crippen molar-refractivity contribution in [1.29, 1.82) is 0 Å². The van der Waals surface area contributed by atoms with Crippen LogP contribution in [-0.4, -0.2) is 5.97 Å². The molecule has 1 aliphatic carbocycles. The molecule has 1 aliphatic rings. The van der Waals surface area contributed by atoms with Crippen molar-refractivity contribution in [3.05, 3.63) is 46.0 Å². The molecule has 0 amide bonds. The van der Waals surface area contributed by atoms with Gasteiger partial charge >= 0.3 is 5.97 Å². The number of hydrogen-bond acceptors (Lipinski definition) is 2. The van der Waals surface area contributed by atoms with Crippen LogP contribution < -0.4 is 0 Å². The average molecular weight is 335 g/mol. The molecule has 21 heavy (non-hydrogen) atoms. The van der Waals surface area contributed by atoms with Crippen LogP contribution in [-0.2, 0) is 16.1 Å². The summed E-state index contributed by atoms with van der Waals surface area (Å²) < 4.78 is 31.3. The van der Waals surface area contributed by atoms with E-state index in [1.165, 1.54) is 11.6 Å². The number of carbonyl (C=O) groups is 1. The van der Waals surface area contributed by atoms with Gasteiger partial charge in [-0.1, -0.05) is 37.0 Å². The third kappa shape index (κ3) is 3.22. The maximum absolute atomic E-state index is 13.5. The number of esters is 1. The van der Waals surface area contributed by atoms with Crippen LogP contribution in [0.2, 0.25) is 0 Å². The summed E-state index contributed by atoms with van der Waals surface area (Å²) in [4.78, 5) is 12.1. The van der Waals surface area contributed by atoms with E-state index < -0.39 is 23.5 Å². The molecule has 0 aromatic heterocycles.